The van der Waals surface area contributed by atoms with Crippen LogP contribution < -0.4 is 14.8 Å². The van der Waals surface area contributed by atoms with Gasteiger partial charge in [-0.15, -0.1) is 0 Å². The van der Waals surface area contributed by atoms with Crippen molar-refractivity contribution in [2.45, 2.75) is 0 Å². The summed E-state index contributed by atoms with van der Waals surface area (Å²) in [6, 6.07) is 13.0. The number of benzene rings is 2. The Balaban J connectivity index is 2.02. The van der Waals surface area contributed by atoms with E-state index in [4.69, 9.17) is 9.47 Å². The Morgan fingerprint density at radius 3 is 2.42 bits per heavy atom. The van der Waals surface area contributed by atoms with E-state index in [9.17, 15) is 4.79 Å². The highest BCUT2D eigenvalue weighted by Crippen LogP contribution is 2.25. The summed E-state index contributed by atoms with van der Waals surface area (Å²) in [7, 11) is 7.27. The van der Waals surface area contributed by atoms with Crippen molar-refractivity contribution in [1.82, 2.24) is 4.90 Å². The van der Waals surface area contributed by atoms with Crippen molar-refractivity contribution in [2.75, 3.05) is 46.7 Å². The lowest BCUT2D eigenvalue weighted by atomic mass is 10.1. The summed E-state index contributed by atoms with van der Waals surface area (Å²) in [5, 5.41) is 3.33. The van der Waals surface area contributed by atoms with Crippen LogP contribution >= 0.6 is 0 Å². The van der Waals surface area contributed by atoms with Crippen LogP contribution in [0.1, 0.15) is 15.9 Å². The molecule has 0 atom stereocenters. The van der Waals surface area contributed by atoms with Crippen LogP contribution in [0.25, 0.3) is 6.08 Å². The van der Waals surface area contributed by atoms with Gasteiger partial charge in [-0.1, -0.05) is 0 Å². The van der Waals surface area contributed by atoms with Crippen LogP contribution in [0, 0.1) is 0 Å². The molecule has 0 aliphatic carbocycles. The molecule has 2 aromatic rings. The summed E-state index contributed by atoms with van der Waals surface area (Å²) in [5.74, 6) is 1.32. The van der Waals surface area contributed by atoms with Crippen molar-refractivity contribution in [3.8, 4) is 11.5 Å². The van der Waals surface area contributed by atoms with Crippen molar-refractivity contribution in [2.24, 2.45) is 0 Å². The molecule has 0 bridgehead atoms. The van der Waals surface area contributed by atoms with Crippen molar-refractivity contribution in [1.29, 1.82) is 0 Å². The van der Waals surface area contributed by atoms with Gasteiger partial charge in [-0.05, 0) is 62.6 Å². The highest BCUT2D eigenvalue weighted by atomic mass is 16.5. The lowest BCUT2D eigenvalue weighted by Gasteiger charge is -2.11. The third-order valence-corrected chi connectivity index (χ3v) is 3.91. The van der Waals surface area contributed by atoms with Crippen LogP contribution in [-0.2, 0) is 0 Å². The summed E-state index contributed by atoms with van der Waals surface area (Å²) < 4.78 is 10.5. The minimum absolute atomic E-state index is 0.0530. The van der Waals surface area contributed by atoms with Crippen molar-refractivity contribution in [3.05, 3.63) is 59.7 Å². The molecule has 2 rings (SSSR count). The standard InChI is InChI=1S/C21H26N2O3/c1-23(2)14-13-22-18-9-5-16(6-10-18)20(24)12-8-17-7-11-19(25-3)15-21(17)26-4/h5-12,15,22H,13-14H2,1-4H3. The fourth-order valence-electron chi connectivity index (χ4n) is 2.39. The molecule has 26 heavy (non-hydrogen) atoms. The number of hydrogen-bond donors (Lipinski definition) is 1. The van der Waals surface area contributed by atoms with E-state index in [1.54, 1.807) is 32.4 Å². The number of ether oxygens (including phenoxy) is 2. The number of anilines is 1. The van der Waals surface area contributed by atoms with Gasteiger partial charge in [0, 0.05) is 36.0 Å². The number of rotatable bonds is 9. The molecule has 0 fully saturated rings. The minimum atomic E-state index is -0.0530. The number of allylic oxidation sites excluding steroid dienone is 1. The second kappa shape index (κ2) is 9.63. The zero-order chi connectivity index (χ0) is 18.9. The van der Waals surface area contributed by atoms with Crippen LogP contribution in [0.4, 0.5) is 5.69 Å². The van der Waals surface area contributed by atoms with Gasteiger partial charge in [0.1, 0.15) is 11.5 Å². The van der Waals surface area contributed by atoms with E-state index in [-0.39, 0.29) is 5.78 Å². The normalized spacial score (nSPS) is 11.0. The molecular weight excluding hydrogens is 328 g/mol. The number of carbonyl (C=O) groups is 1. The van der Waals surface area contributed by atoms with Crippen LogP contribution in [0.5, 0.6) is 11.5 Å². The molecule has 0 heterocycles. The summed E-state index contributed by atoms with van der Waals surface area (Å²) in [6.07, 6.45) is 3.31. The quantitative estimate of drug-likeness (QED) is 0.551. The number of methoxy groups -OCH3 is 2. The molecule has 0 spiro atoms. The maximum Gasteiger partial charge on any atom is 0.185 e. The van der Waals surface area contributed by atoms with Crippen molar-refractivity contribution < 1.29 is 14.3 Å². The second-order valence-electron chi connectivity index (χ2n) is 6.11. The maximum atomic E-state index is 12.4. The summed E-state index contributed by atoms with van der Waals surface area (Å²) in [5.41, 5.74) is 2.47. The zero-order valence-electron chi connectivity index (χ0n) is 15.8. The average molecular weight is 354 g/mol. The van der Waals surface area contributed by atoms with Crippen molar-refractivity contribution >= 4 is 17.5 Å². The number of likely N-dealkylation sites (N-methyl/N-ethyl adjacent to an activating group) is 1. The second-order valence-corrected chi connectivity index (χ2v) is 6.11. The number of nitrogens with one attached hydrogen (secondary N) is 1. The molecular formula is C21H26N2O3. The van der Waals surface area contributed by atoms with Crippen LogP contribution in [0.15, 0.2) is 48.5 Å². The SMILES string of the molecule is COc1ccc(C=CC(=O)c2ccc(NCCN(C)C)cc2)c(OC)c1. The molecule has 1 N–H and O–H groups in total. The molecule has 0 aliphatic rings. The Bertz CT molecular complexity index is 752. The first-order chi connectivity index (χ1) is 12.5. The summed E-state index contributed by atoms with van der Waals surface area (Å²) in [6.45, 7) is 1.81. The lowest BCUT2D eigenvalue weighted by molar-refractivity contribution is 0.104. The first-order valence-corrected chi connectivity index (χ1v) is 8.46. The largest absolute Gasteiger partial charge is 0.497 e. The van der Waals surface area contributed by atoms with E-state index in [2.05, 4.69) is 10.2 Å². The molecule has 5 nitrogen and oxygen atoms in total. The van der Waals surface area contributed by atoms with E-state index in [0.717, 1.165) is 24.3 Å². The highest BCUT2D eigenvalue weighted by Gasteiger charge is 2.05. The van der Waals surface area contributed by atoms with E-state index >= 15 is 0 Å². The van der Waals surface area contributed by atoms with Gasteiger partial charge in [-0.2, -0.15) is 0 Å². The summed E-state index contributed by atoms with van der Waals surface area (Å²) >= 11 is 0. The molecule has 0 aliphatic heterocycles. The van der Waals surface area contributed by atoms with Crippen molar-refractivity contribution in [3.63, 3.8) is 0 Å². The monoisotopic (exact) mass is 354 g/mol. The smallest absolute Gasteiger partial charge is 0.185 e. The molecule has 0 unspecified atom stereocenters. The Labute approximate surface area is 155 Å². The Kier molecular flexibility index (Phi) is 7.24. The van der Waals surface area contributed by atoms with Gasteiger partial charge in [-0.25, -0.2) is 0 Å². The lowest BCUT2D eigenvalue weighted by Crippen LogP contribution is -2.20. The average Bonchev–Trinajstić information content (AvgIpc) is 2.66. The number of nitrogens with zero attached hydrogens (tertiary/aromatic N) is 1. The number of carbonyl (C=O) groups excluding carboxylic acids is 1. The predicted molar refractivity (Wildman–Crippen MR) is 106 cm³/mol. The van der Waals surface area contributed by atoms with Crippen LogP contribution in [-0.4, -0.2) is 52.1 Å². The van der Waals surface area contributed by atoms with Crippen LogP contribution in [0.2, 0.25) is 0 Å². The Morgan fingerprint density at radius 2 is 1.81 bits per heavy atom. The first-order valence-electron chi connectivity index (χ1n) is 8.46. The molecule has 0 saturated carbocycles. The van der Waals surface area contributed by atoms with E-state index < -0.39 is 0 Å². The number of hydrogen-bond acceptors (Lipinski definition) is 5. The fourth-order valence-corrected chi connectivity index (χ4v) is 2.39. The molecule has 0 radical (unpaired) electrons. The van der Waals surface area contributed by atoms with Gasteiger partial charge in [0.05, 0.1) is 14.2 Å². The predicted octanol–water partition coefficient (Wildman–Crippen LogP) is 3.57. The molecule has 5 heteroatoms. The van der Waals surface area contributed by atoms with E-state index in [1.807, 2.05) is 50.5 Å². The van der Waals surface area contributed by atoms with E-state index in [1.165, 1.54) is 0 Å². The van der Waals surface area contributed by atoms with Gasteiger partial charge < -0.3 is 19.7 Å². The van der Waals surface area contributed by atoms with Gasteiger partial charge in [0.2, 0.25) is 0 Å². The third-order valence-electron chi connectivity index (χ3n) is 3.91. The summed E-state index contributed by atoms with van der Waals surface area (Å²) in [4.78, 5) is 14.5. The highest BCUT2D eigenvalue weighted by molar-refractivity contribution is 6.07. The van der Waals surface area contributed by atoms with Gasteiger partial charge in [0.15, 0.2) is 5.78 Å². The number of ketones is 1. The van der Waals surface area contributed by atoms with Gasteiger partial charge in [0.25, 0.3) is 0 Å². The molecule has 0 amide bonds. The molecule has 2 aromatic carbocycles. The van der Waals surface area contributed by atoms with E-state index in [0.29, 0.717) is 17.1 Å². The van der Waals surface area contributed by atoms with Gasteiger partial charge >= 0.3 is 0 Å². The third kappa shape index (κ3) is 5.63. The molecule has 0 saturated heterocycles. The Hall–Kier alpha value is -2.79. The molecule has 0 aromatic heterocycles. The zero-order valence-corrected chi connectivity index (χ0v) is 15.8. The first kappa shape index (κ1) is 19.5. The van der Waals surface area contributed by atoms with Gasteiger partial charge in [-0.3, -0.25) is 4.79 Å². The fraction of sp³-hybridized carbons (Fsp3) is 0.286. The molecule has 138 valence electrons. The Morgan fingerprint density at radius 1 is 1.08 bits per heavy atom. The minimum Gasteiger partial charge on any atom is -0.497 e. The topological polar surface area (TPSA) is 50.8 Å². The van der Waals surface area contributed by atoms with Crippen LogP contribution in [0.3, 0.4) is 0 Å². The maximum absolute atomic E-state index is 12.4.